The lowest BCUT2D eigenvalue weighted by molar-refractivity contribution is -0.142. The molecule has 2 aromatic carbocycles. The van der Waals surface area contributed by atoms with Gasteiger partial charge in [0, 0.05) is 45.1 Å². The predicted octanol–water partition coefficient (Wildman–Crippen LogP) is 1.45. The number of carbonyl (C=O) groups excluding carboxylic acids is 9. The number of aliphatic hydroxyl groups excluding tert-OH is 1. The standard InChI is InChI=1S/C50H75N9O12/c1-7-8-9-10-11-12-13-14-15-16-17-18-19-20-40(63)58(5)37(29-60)47(68)57-44(51)50(71)53-28-41(64)59(6)42-33-22-24-39(62)35(27-33)34-25-32(21-23-38(34)61)26-36(56-45(66)31(3)55-48(42)69)46(67)54-30(2)43(65)49(70)52-4/h21-25,27,30-31,36-37,42,44,60-62H,7-20,26,28-29,51H2,1-6H3,(H,52,70)(H,53,71)(H,54,67)(H,55,69)(H,56,66)(H,57,68)/t30-,31-,36-,37+,42-,44-/m0/s1. The minimum Gasteiger partial charge on any atom is -0.507 e. The second-order valence-corrected chi connectivity index (χ2v) is 18.1. The van der Waals surface area contributed by atoms with Crippen LogP contribution in [0.5, 0.6) is 11.5 Å². The molecule has 8 amide bonds. The van der Waals surface area contributed by atoms with Gasteiger partial charge in [0.15, 0.2) is 6.17 Å². The number of rotatable bonds is 26. The van der Waals surface area contributed by atoms with Crippen molar-refractivity contribution < 1.29 is 58.5 Å². The van der Waals surface area contributed by atoms with E-state index in [1.807, 2.05) is 0 Å². The van der Waals surface area contributed by atoms with E-state index in [-0.39, 0.29) is 46.9 Å². The molecule has 71 heavy (non-hydrogen) atoms. The van der Waals surface area contributed by atoms with Crippen molar-refractivity contribution in [2.75, 3.05) is 34.3 Å². The van der Waals surface area contributed by atoms with Crippen LogP contribution in [0.2, 0.25) is 0 Å². The van der Waals surface area contributed by atoms with Crippen LogP contribution in [0.4, 0.5) is 0 Å². The van der Waals surface area contributed by atoms with Crippen LogP contribution >= 0.6 is 0 Å². The van der Waals surface area contributed by atoms with Gasteiger partial charge in [0.25, 0.3) is 11.8 Å². The van der Waals surface area contributed by atoms with E-state index < -0.39 is 96.7 Å². The molecule has 2 aromatic rings. The second kappa shape index (κ2) is 29.5. The number of unbranched alkanes of at least 4 members (excludes halogenated alkanes) is 12. The number of amides is 8. The third kappa shape index (κ3) is 17.9. The summed E-state index contributed by atoms with van der Waals surface area (Å²) in [6.07, 6.45) is 13.1. The molecule has 6 atom stereocenters. The monoisotopic (exact) mass is 994 g/mol. The number of nitrogens with two attached hydrogens (primary N) is 1. The van der Waals surface area contributed by atoms with E-state index in [9.17, 15) is 58.5 Å². The van der Waals surface area contributed by atoms with Crippen molar-refractivity contribution in [3.05, 3.63) is 47.5 Å². The Morgan fingerprint density at radius 1 is 0.761 bits per heavy atom. The molecule has 0 saturated heterocycles. The third-order valence-electron chi connectivity index (χ3n) is 12.6. The number of hydrogen-bond donors (Lipinski definition) is 10. The van der Waals surface area contributed by atoms with Gasteiger partial charge >= 0.3 is 0 Å². The van der Waals surface area contributed by atoms with Crippen molar-refractivity contribution in [3.63, 3.8) is 0 Å². The van der Waals surface area contributed by atoms with Gasteiger partial charge in [-0.25, -0.2) is 0 Å². The normalized spacial score (nSPS) is 16.9. The van der Waals surface area contributed by atoms with Crippen molar-refractivity contribution in [1.29, 1.82) is 0 Å². The zero-order valence-electron chi connectivity index (χ0n) is 41.9. The second-order valence-electron chi connectivity index (χ2n) is 18.1. The highest BCUT2D eigenvalue weighted by molar-refractivity contribution is 6.38. The number of aliphatic hydroxyl groups is 1. The molecule has 4 bridgehead atoms. The van der Waals surface area contributed by atoms with Crippen LogP contribution in [0.3, 0.4) is 0 Å². The van der Waals surface area contributed by atoms with Gasteiger partial charge in [0.2, 0.25) is 41.2 Å². The summed E-state index contributed by atoms with van der Waals surface area (Å²) in [6, 6.07) is 1.18. The molecule has 0 fully saturated rings. The maximum atomic E-state index is 14.1. The third-order valence-corrected chi connectivity index (χ3v) is 12.6. The van der Waals surface area contributed by atoms with Gasteiger partial charge in [0.1, 0.15) is 35.7 Å². The van der Waals surface area contributed by atoms with Crippen LogP contribution in [-0.4, -0.2) is 143 Å². The van der Waals surface area contributed by atoms with Crippen molar-refractivity contribution in [1.82, 2.24) is 41.7 Å². The zero-order valence-corrected chi connectivity index (χ0v) is 41.9. The smallest absolute Gasteiger partial charge is 0.289 e. The van der Waals surface area contributed by atoms with Crippen molar-refractivity contribution >= 4 is 53.0 Å². The molecular weight excluding hydrogens is 919 g/mol. The van der Waals surface area contributed by atoms with Gasteiger partial charge < -0.3 is 62.8 Å². The minimum absolute atomic E-state index is 0.0172. The Bertz CT molecular complexity index is 2190. The summed E-state index contributed by atoms with van der Waals surface area (Å²) in [7, 11) is 3.85. The lowest BCUT2D eigenvalue weighted by Crippen LogP contribution is -2.59. The van der Waals surface area contributed by atoms with Crippen molar-refractivity contribution in [2.45, 2.75) is 153 Å². The average Bonchev–Trinajstić information content (AvgIpc) is 3.34. The van der Waals surface area contributed by atoms with Crippen LogP contribution < -0.4 is 37.6 Å². The fraction of sp³-hybridized carbons (Fsp3) is 0.580. The van der Waals surface area contributed by atoms with Gasteiger partial charge in [0.05, 0.1) is 19.2 Å². The highest BCUT2D eigenvalue weighted by Gasteiger charge is 2.35. The molecule has 0 saturated carbocycles. The molecule has 1 heterocycles. The fourth-order valence-electron chi connectivity index (χ4n) is 8.10. The van der Waals surface area contributed by atoms with Crippen LogP contribution in [0.15, 0.2) is 36.4 Å². The molecule has 21 heteroatoms. The first-order valence-electron chi connectivity index (χ1n) is 24.5. The van der Waals surface area contributed by atoms with Gasteiger partial charge in [-0.2, -0.15) is 0 Å². The number of nitrogens with one attached hydrogen (secondary N) is 6. The number of phenolic OH excluding ortho intramolecular Hbond substituents is 2. The molecule has 11 N–H and O–H groups in total. The maximum absolute atomic E-state index is 14.1. The lowest BCUT2D eigenvalue weighted by Gasteiger charge is -2.30. The number of fused-ring (bicyclic) bond motifs is 5. The Hall–Kier alpha value is -6.61. The predicted molar refractivity (Wildman–Crippen MR) is 264 cm³/mol. The Balaban J connectivity index is 1.67. The highest BCUT2D eigenvalue weighted by atomic mass is 16.3. The number of phenols is 2. The first-order chi connectivity index (χ1) is 33.7. The minimum atomic E-state index is -1.73. The van der Waals surface area contributed by atoms with Crippen LogP contribution in [-0.2, 0) is 49.6 Å². The van der Waals surface area contributed by atoms with Gasteiger partial charge in [-0.1, -0.05) is 96.1 Å². The molecule has 1 aliphatic heterocycles. The fourth-order valence-corrected chi connectivity index (χ4v) is 8.10. The summed E-state index contributed by atoms with van der Waals surface area (Å²) in [5.41, 5.74) is 6.52. The number of hydrogen-bond acceptors (Lipinski definition) is 13. The van der Waals surface area contributed by atoms with Crippen molar-refractivity contribution in [3.8, 4) is 22.6 Å². The van der Waals surface area contributed by atoms with E-state index in [1.165, 1.54) is 123 Å². The number of aromatic hydroxyl groups is 2. The lowest BCUT2D eigenvalue weighted by atomic mass is 9.93. The molecule has 0 aliphatic carbocycles. The quantitative estimate of drug-likeness (QED) is 0.0363. The van der Waals surface area contributed by atoms with E-state index in [4.69, 9.17) is 5.73 Å². The zero-order chi connectivity index (χ0) is 52.8. The number of ketones is 1. The maximum Gasteiger partial charge on any atom is 0.289 e. The molecule has 3 rings (SSSR count). The molecule has 21 nitrogen and oxygen atoms in total. The van der Waals surface area contributed by atoms with Crippen molar-refractivity contribution in [2.24, 2.45) is 5.73 Å². The molecule has 0 aromatic heterocycles. The molecule has 392 valence electrons. The van der Waals surface area contributed by atoms with E-state index >= 15 is 0 Å². The van der Waals surface area contributed by atoms with Gasteiger partial charge in [-0.15, -0.1) is 0 Å². The molecular formula is C50H75N9O12. The van der Waals surface area contributed by atoms with E-state index in [0.717, 1.165) is 35.5 Å². The van der Waals surface area contributed by atoms with Gasteiger partial charge in [-0.05, 0) is 55.7 Å². The van der Waals surface area contributed by atoms with Crippen LogP contribution in [0.1, 0.15) is 128 Å². The number of nitrogens with zero attached hydrogens (tertiary/aromatic N) is 2. The molecule has 0 unspecified atom stereocenters. The number of likely N-dealkylation sites (N-methyl/N-ethyl adjacent to an activating group) is 3. The Morgan fingerprint density at radius 3 is 1.90 bits per heavy atom. The first kappa shape index (κ1) is 58.7. The average molecular weight is 994 g/mol. The summed E-state index contributed by atoms with van der Waals surface area (Å²) < 4.78 is 0. The topological polar surface area (TPSA) is 319 Å². The summed E-state index contributed by atoms with van der Waals surface area (Å²) in [6.45, 7) is 3.30. The summed E-state index contributed by atoms with van der Waals surface area (Å²) in [5, 5.41) is 46.3. The molecule has 0 spiro atoms. The Morgan fingerprint density at radius 2 is 1.32 bits per heavy atom. The summed E-state index contributed by atoms with van der Waals surface area (Å²) in [5.74, 6) is -8.35. The van der Waals surface area contributed by atoms with Crippen LogP contribution in [0, 0.1) is 0 Å². The number of carbonyl (C=O) groups is 9. The van der Waals surface area contributed by atoms with E-state index in [1.54, 1.807) is 0 Å². The Labute approximate surface area is 415 Å². The largest absolute Gasteiger partial charge is 0.507 e. The highest BCUT2D eigenvalue weighted by Crippen LogP contribution is 2.38. The molecule has 1 aliphatic rings. The van der Waals surface area contributed by atoms with E-state index in [2.05, 4.69) is 38.8 Å². The summed E-state index contributed by atoms with van der Waals surface area (Å²) >= 11 is 0. The number of benzene rings is 2. The SMILES string of the molecule is CCCCCCCCCCCCCCCC(=O)N(C)[C@H](CO)C(=O)N[C@H](N)C(=O)NCC(=O)N(C)[C@@H]1C(=O)N[C@@H](C)C(=O)N[C@H](C(=O)N[C@@H](C)C(=O)C(=O)NC)Cc2ccc(O)c(c2)-c2cc1ccc2O. The first-order valence-corrected chi connectivity index (χ1v) is 24.5. The Kier molecular flexibility index (Phi) is 24.4. The van der Waals surface area contributed by atoms with E-state index in [0.29, 0.717) is 12.0 Å². The van der Waals surface area contributed by atoms with Gasteiger partial charge in [-0.3, -0.25) is 43.2 Å². The summed E-state index contributed by atoms with van der Waals surface area (Å²) in [4.78, 5) is 121. The number of Topliss-reactive ketones (excluding diaryl/α,β-unsaturated/α-hetero) is 1. The molecule has 0 radical (unpaired) electrons. The van der Waals surface area contributed by atoms with Crippen LogP contribution in [0.25, 0.3) is 11.1 Å².